The van der Waals surface area contributed by atoms with Crippen LogP contribution in [0.2, 0.25) is 0 Å². The van der Waals surface area contributed by atoms with Crippen molar-refractivity contribution in [3.05, 3.63) is 16.4 Å². The molecule has 19 heavy (non-hydrogen) atoms. The smallest absolute Gasteiger partial charge is 0.248 e. The van der Waals surface area contributed by atoms with E-state index in [9.17, 15) is 4.79 Å². The van der Waals surface area contributed by atoms with E-state index >= 15 is 0 Å². The van der Waals surface area contributed by atoms with Gasteiger partial charge in [0.2, 0.25) is 11.9 Å². The summed E-state index contributed by atoms with van der Waals surface area (Å²) in [6, 6.07) is 0.0425. The SMILES string of the molecule is Cc1nc(N2CCN(C(=O)CO)C(C)C2)ncc1Br. The number of rotatable bonds is 2. The fourth-order valence-corrected chi connectivity index (χ4v) is 2.38. The Labute approximate surface area is 120 Å². The number of hydrogen-bond donors (Lipinski definition) is 1. The van der Waals surface area contributed by atoms with Crippen LogP contribution in [0.5, 0.6) is 0 Å². The number of halogens is 1. The lowest BCUT2D eigenvalue weighted by atomic mass is 10.2. The zero-order valence-electron chi connectivity index (χ0n) is 11.0. The van der Waals surface area contributed by atoms with E-state index in [1.165, 1.54) is 0 Å². The van der Waals surface area contributed by atoms with Crippen LogP contribution in [0.3, 0.4) is 0 Å². The number of nitrogens with zero attached hydrogens (tertiary/aromatic N) is 4. The number of aromatic nitrogens is 2. The van der Waals surface area contributed by atoms with Crippen molar-refractivity contribution in [3.8, 4) is 0 Å². The molecule has 0 saturated carbocycles. The van der Waals surface area contributed by atoms with Crippen LogP contribution in [0, 0.1) is 6.92 Å². The Morgan fingerprint density at radius 2 is 2.32 bits per heavy atom. The maximum Gasteiger partial charge on any atom is 0.248 e. The van der Waals surface area contributed by atoms with Crippen LogP contribution in [0.25, 0.3) is 0 Å². The molecule has 0 aromatic carbocycles. The second-order valence-corrected chi connectivity index (χ2v) is 5.50. The summed E-state index contributed by atoms with van der Waals surface area (Å²) in [5.41, 5.74) is 0.895. The zero-order chi connectivity index (χ0) is 14.0. The Morgan fingerprint density at radius 1 is 1.58 bits per heavy atom. The molecule has 1 aromatic heterocycles. The monoisotopic (exact) mass is 328 g/mol. The predicted octanol–water partition coefficient (Wildman–Crippen LogP) is 0.577. The van der Waals surface area contributed by atoms with Crippen molar-refractivity contribution in [2.45, 2.75) is 19.9 Å². The summed E-state index contributed by atoms with van der Waals surface area (Å²) in [5, 5.41) is 8.92. The first-order chi connectivity index (χ1) is 9.02. The normalized spacial score (nSPS) is 19.7. The number of hydrogen-bond acceptors (Lipinski definition) is 5. The lowest BCUT2D eigenvalue weighted by Gasteiger charge is -2.39. The molecule has 6 nitrogen and oxygen atoms in total. The van der Waals surface area contributed by atoms with Crippen molar-refractivity contribution in [2.24, 2.45) is 0 Å². The van der Waals surface area contributed by atoms with Gasteiger partial charge in [0, 0.05) is 31.9 Å². The number of aliphatic hydroxyl groups is 1. The number of carbonyl (C=O) groups is 1. The van der Waals surface area contributed by atoms with Gasteiger partial charge in [-0.05, 0) is 29.8 Å². The van der Waals surface area contributed by atoms with E-state index in [4.69, 9.17) is 5.11 Å². The molecular weight excluding hydrogens is 312 g/mol. The highest BCUT2D eigenvalue weighted by Crippen LogP contribution is 2.19. The molecule has 0 radical (unpaired) electrons. The quantitative estimate of drug-likeness (QED) is 0.859. The summed E-state index contributed by atoms with van der Waals surface area (Å²) in [7, 11) is 0. The van der Waals surface area contributed by atoms with Gasteiger partial charge in [-0.25, -0.2) is 9.97 Å². The van der Waals surface area contributed by atoms with Crippen molar-refractivity contribution >= 4 is 27.8 Å². The van der Waals surface area contributed by atoms with E-state index in [-0.39, 0.29) is 11.9 Å². The van der Waals surface area contributed by atoms with E-state index in [0.29, 0.717) is 25.6 Å². The highest BCUT2D eigenvalue weighted by molar-refractivity contribution is 9.10. The number of piperazine rings is 1. The van der Waals surface area contributed by atoms with E-state index in [2.05, 4.69) is 30.8 Å². The number of amides is 1. The van der Waals surface area contributed by atoms with Crippen LogP contribution in [0.15, 0.2) is 10.7 Å². The summed E-state index contributed by atoms with van der Waals surface area (Å²) in [4.78, 5) is 24.0. The second-order valence-electron chi connectivity index (χ2n) is 4.64. The van der Waals surface area contributed by atoms with E-state index in [0.717, 1.165) is 10.2 Å². The van der Waals surface area contributed by atoms with Crippen LogP contribution >= 0.6 is 15.9 Å². The molecule has 0 aliphatic carbocycles. The topological polar surface area (TPSA) is 69.6 Å². The molecule has 1 unspecified atom stereocenters. The molecule has 1 fully saturated rings. The number of anilines is 1. The summed E-state index contributed by atoms with van der Waals surface area (Å²) in [5.74, 6) is 0.462. The van der Waals surface area contributed by atoms with Gasteiger partial charge in [-0.15, -0.1) is 0 Å². The minimum atomic E-state index is -0.432. The summed E-state index contributed by atoms with van der Waals surface area (Å²) >= 11 is 3.38. The molecule has 1 saturated heterocycles. The molecule has 1 N–H and O–H groups in total. The summed E-state index contributed by atoms with van der Waals surface area (Å²) in [6.45, 7) is 5.39. The van der Waals surface area contributed by atoms with Gasteiger partial charge in [0.05, 0.1) is 10.2 Å². The van der Waals surface area contributed by atoms with Crippen LogP contribution < -0.4 is 4.90 Å². The Kier molecular flexibility index (Phi) is 4.36. The predicted molar refractivity (Wildman–Crippen MR) is 74.9 cm³/mol. The van der Waals surface area contributed by atoms with Crippen LogP contribution in [-0.4, -0.2) is 58.2 Å². The second kappa shape index (κ2) is 5.83. The summed E-state index contributed by atoms with van der Waals surface area (Å²) < 4.78 is 0.887. The van der Waals surface area contributed by atoms with Crippen LogP contribution in [0.1, 0.15) is 12.6 Å². The highest BCUT2D eigenvalue weighted by atomic mass is 79.9. The Bertz CT molecular complexity index is 483. The molecule has 1 atom stereocenters. The molecule has 0 bridgehead atoms. The Morgan fingerprint density at radius 3 is 2.89 bits per heavy atom. The molecule has 1 aromatic rings. The van der Waals surface area contributed by atoms with Crippen molar-refractivity contribution < 1.29 is 9.90 Å². The molecule has 7 heteroatoms. The third-order valence-electron chi connectivity index (χ3n) is 3.27. The van der Waals surface area contributed by atoms with Crippen molar-refractivity contribution in [1.82, 2.24) is 14.9 Å². The molecule has 2 heterocycles. The largest absolute Gasteiger partial charge is 0.387 e. The van der Waals surface area contributed by atoms with Gasteiger partial charge in [0.15, 0.2) is 0 Å². The lowest BCUT2D eigenvalue weighted by Crippen LogP contribution is -2.55. The van der Waals surface area contributed by atoms with Gasteiger partial charge >= 0.3 is 0 Å². The Balaban J connectivity index is 2.09. The lowest BCUT2D eigenvalue weighted by molar-refractivity contribution is -0.136. The maximum absolute atomic E-state index is 11.5. The van der Waals surface area contributed by atoms with Gasteiger partial charge in [-0.2, -0.15) is 0 Å². The first-order valence-corrected chi connectivity index (χ1v) is 6.96. The molecular formula is C12H17BrN4O2. The number of aliphatic hydroxyl groups excluding tert-OH is 1. The first kappa shape index (κ1) is 14.2. The number of carbonyl (C=O) groups excluding carboxylic acids is 1. The van der Waals surface area contributed by atoms with Crippen molar-refractivity contribution in [1.29, 1.82) is 0 Å². The van der Waals surface area contributed by atoms with Crippen molar-refractivity contribution in [2.75, 3.05) is 31.1 Å². The minimum absolute atomic E-state index is 0.0425. The molecule has 1 aliphatic rings. The van der Waals surface area contributed by atoms with Gasteiger partial charge in [-0.3, -0.25) is 4.79 Å². The average Bonchev–Trinajstić information content (AvgIpc) is 2.41. The summed E-state index contributed by atoms with van der Waals surface area (Å²) in [6.07, 6.45) is 1.74. The molecule has 2 rings (SSSR count). The number of aryl methyl sites for hydroxylation is 1. The van der Waals surface area contributed by atoms with Crippen molar-refractivity contribution in [3.63, 3.8) is 0 Å². The Hall–Kier alpha value is -1.21. The molecule has 0 spiro atoms. The maximum atomic E-state index is 11.5. The third kappa shape index (κ3) is 3.03. The molecule has 1 amide bonds. The minimum Gasteiger partial charge on any atom is -0.387 e. The van der Waals surface area contributed by atoms with Gasteiger partial charge in [-0.1, -0.05) is 0 Å². The van der Waals surface area contributed by atoms with Crippen LogP contribution in [0.4, 0.5) is 5.95 Å². The zero-order valence-corrected chi connectivity index (χ0v) is 12.6. The van der Waals surface area contributed by atoms with Gasteiger partial charge in [0.1, 0.15) is 6.61 Å². The van der Waals surface area contributed by atoms with E-state index in [1.807, 2.05) is 13.8 Å². The van der Waals surface area contributed by atoms with Gasteiger partial charge in [0.25, 0.3) is 0 Å². The van der Waals surface area contributed by atoms with Gasteiger partial charge < -0.3 is 14.9 Å². The molecule has 104 valence electrons. The third-order valence-corrected chi connectivity index (χ3v) is 4.05. The van der Waals surface area contributed by atoms with E-state index < -0.39 is 6.61 Å². The standard InChI is InChI=1S/C12H17BrN4O2/c1-8-6-16(3-4-17(8)11(19)7-18)12-14-5-10(13)9(2)15-12/h5,8,18H,3-4,6-7H2,1-2H3. The average molecular weight is 329 g/mol. The van der Waals surface area contributed by atoms with Crippen LogP contribution in [-0.2, 0) is 4.79 Å². The highest BCUT2D eigenvalue weighted by Gasteiger charge is 2.28. The fraction of sp³-hybridized carbons (Fsp3) is 0.583. The fourth-order valence-electron chi connectivity index (χ4n) is 2.19. The van der Waals surface area contributed by atoms with E-state index in [1.54, 1.807) is 11.1 Å². The first-order valence-electron chi connectivity index (χ1n) is 6.17. The molecule has 1 aliphatic heterocycles.